The number of carbonyl (C=O) groups is 1. The zero-order valence-electron chi connectivity index (χ0n) is 18.4. The zero-order chi connectivity index (χ0) is 24.2. The topological polar surface area (TPSA) is 141 Å². The maximum atomic E-state index is 12.6. The Hall–Kier alpha value is -3.34. The van der Waals surface area contributed by atoms with E-state index in [1.807, 2.05) is 19.1 Å². The molecule has 1 aliphatic heterocycles. The van der Waals surface area contributed by atoms with E-state index in [2.05, 4.69) is 10.3 Å². The second kappa shape index (κ2) is 10.3. The normalized spacial score (nSPS) is 24.4. The number of aryl methyl sites for hydroxylation is 1. The molecule has 178 valence electrons. The van der Waals surface area contributed by atoms with Crippen molar-refractivity contribution in [3.63, 3.8) is 0 Å². The lowest BCUT2D eigenvalue weighted by Crippen LogP contribution is -2.60. The van der Waals surface area contributed by atoms with Crippen LogP contribution in [0.4, 0.5) is 5.69 Å². The van der Waals surface area contributed by atoms with E-state index in [1.54, 1.807) is 54.9 Å². The molecule has 0 bridgehead atoms. The van der Waals surface area contributed by atoms with Crippen LogP contribution < -0.4 is 10.1 Å². The number of aliphatic hydroxyl groups excluding tert-OH is 4. The largest absolute Gasteiger partial charge is 0.462 e. The summed E-state index contributed by atoms with van der Waals surface area (Å²) in [5.41, 5.74) is 3.47. The minimum Gasteiger partial charge on any atom is -0.462 e. The van der Waals surface area contributed by atoms with Crippen molar-refractivity contribution in [3.05, 3.63) is 78.1 Å². The average Bonchev–Trinajstić information content (AvgIpc) is 2.86. The van der Waals surface area contributed by atoms with E-state index in [0.29, 0.717) is 17.0 Å². The van der Waals surface area contributed by atoms with Gasteiger partial charge in [0, 0.05) is 11.8 Å². The lowest BCUT2D eigenvalue weighted by atomic mass is 9.99. The van der Waals surface area contributed by atoms with Crippen LogP contribution in [-0.4, -0.2) is 68.6 Å². The van der Waals surface area contributed by atoms with Crippen LogP contribution in [0.5, 0.6) is 5.75 Å². The molecule has 3 aromatic rings. The number of carbonyl (C=O) groups excluding carboxylic acids is 1. The maximum absolute atomic E-state index is 12.6. The molecule has 34 heavy (non-hydrogen) atoms. The number of hydrogen-bond donors (Lipinski definition) is 5. The summed E-state index contributed by atoms with van der Waals surface area (Å²) in [4.78, 5) is 16.6. The summed E-state index contributed by atoms with van der Waals surface area (Å²) in [6, 6.07) is 16.0. The first-order valence-electron chi connectivity index (χ1n) is 10.8. The SMILES string of the molecule is Cc1cc(-c2cccc(C(=O)Nc3cccnc3)c2)ccc1O[C@H]1O[C@H](CO)[C@@H](O)[C@H](O)[C@@H]1O. The number of aliphatic hydroxyl groups is 4. The number of benzene rings is 2. The molecular weight excluding hydrogens is 440 g/mol. The Kier molecular flexibility index (Phi) is 7.20. The lowest BCUT2D eigenvalue weighted by Gasteiger charge is -2.39. The third-order valence-electron chi connectivity index (χ3n) is 5.64. The van der Waals surface area contributed by atoms with Gasteiger partial charge in [0.1, 0.15) is 30.2 Å². The van der Waals surface area contributed by atoms with Gasteiger partial charge in [0.15, 0.2) is 0 Å². The molecule has 9 heteroatoms. The third-order valence-corrected chi connectivity index (χ3v) is 5.64. The van der Waals surface area contributed by atoms with Crippen LogP contribution in [0.15, 0.2) is 67.0 Å². The standard InChI is InChI=1S/C25H26N2O7/c1-14-10-16(7-8-19(14)33-25-23(31)22(30)21(29)20(13-28)34-25)15-4-2-5-17(11-15)24(32)27-18-6-3-9-26-12-18/h2-12,20-23,25,28-31H,13H2,1H3,(H,27,32)/t20-,21-,22+,23+,25+/m1/s1. The van der Waals surface area contributed by atoms with Crippen LogP contribution in [0.2, 0.25) is 0 Å². The summed E-state index contributed by atoms with van der Waals surface area (Å²) in [6.45, 7) is 1.27. The summed E-state index contributed by atoms with van der Waals surface area (Å²) in [7, 11) is 0. The first-order chi connectivity index (χ1) is 16.4. The van der Waals surface area contributed by atoms with Gasteiger partial charge < -0.3 is 35.2 Å². The average molecular weight is 466 g/mol. The highest BCUT2D eigenvalue weighted by atomic mass is 16.7. The van der Waals surface area contributed by atoms with Gasteiger partial charge >= 0.3 is 0 Å². The van der Waals surface area contributed by atoms with Crippen LogP contribution in [0.3, 0.4) is 0 Å². The van der Waals surface area contributed by atoms with Crippen LogP contribution in [0, 0.1) is 6.92 Å². The molecule has 0 saturated carbocycles. The van der Waals surface area contributed by atoms with Crippen molar-refractivity contribution in [3.8, 4) is 16.9 Å². The second-order valence-corrected chi connectivity index (χ2v) is 8.07. The van der Waals surface area contributed by atoms with Gasteiger partial charge in [0.2, 0.25) is 6.29 Å². The van der Waals surface area contributed by atoms with Crippen LogP contribution in [-0.2, 0) is 4.74 Å². The van der Waals surface area contributed by atoms with Crippen molar-refractivity contribution in [2.24, 2.45) is 0 Å². The van der Waals surface area contributed by atoms with Gasteiger partial charge in [-0.2, -0.15) is 0 Å². The Morgan fingerprint density at radius 3 is 2.53 bits per heavy atom. The van der Waals surface area contributed by atoms with Crippen molar-refractivity contribution in [1.82, 2.24) is 4.98 Å². The Morgan fingerprint density at radius 1 is 1.03 bits per heavy atom. The lowest BCUT2D eigenvalue weighted by molar-refractivity contribution is -0.277. The Balaban J connectivity index is 1.50. The number of ether oxygens (including phenoxy) is 2. The number of anilines is 1. The predicted molar refractivity (Wildman–Crippen MR) is 123 cm³/mol. The van der Waals surface area contributed by atoms with E-state index < -0.39 is 37.3 Å². The number of pyridine rings is 1. The summed E-state index contributed by atoms with van der Waals surface area (Å²) >= 11 is 0. The molecule has 1 amide bonds. The van der Waals surface area contributed by atoms with Gasteiger partial charge in [-0.3, -0.25) is 9.78 Å². The van der Waals surface area contributed by atoms with E-state index in [9.17, 15) is 25.2 Å². The summed E-state index contributed by atoms with van der Waals surface area (Å²) in [5, 5.41) is 42.2. The number of hydrogen-bond acceptors (Lipinski definition) is 8. The van der Waals surface area contributed by atoms with Crippen molar-refractivity contribution >= 4 is 11.6 Å². The van der Waals surface area contributed by atoms with Crippen molar-refractivity contribution < 1.29 is 34.7 Å². The summed E-state index contributed by atoms with van der Waals surface area (Å²) in [5.74, 6) is 0.146. The molecule has 9 nitrogen and oxygen atoms in total. The fourth-order valence-electron chi connectivity index (χ4n) is 3.73. The van der Waals surface area contributed by atoms with Gasteiger partial charge in [-0.15, -0.1) is 0 Å². The van der Waals surface area contributed by atoms with Crippen molar-refractivity contribution in [1.29, 1.82) is 0 Å². The third kappa shape index (κ3) is 5.09. The number of nitrogens with zero attached hydrogens (tertiary/aromatic N) is 1. The Bertz CT molecular complexity index is 1140. The molecular formula is C25H26N2O7. The molecule has 1 fully saturated rings. The molecule has 0 unspecified atom stereocenters. The molecule has 0 spiro atoms. The molecule has 2 aromatic carbocycles. The molecule has 0 radical (unpaired) electrons. The van der Waals surface area contributed by atoms with Crippen molar-refractivity contribution in [2.75, 3.05) is 11.9 Å². The molecule has 1 aromatic heterocycles. The molecule has 4 rings (SSSR count). The molecule has 5 atom stereocenters. The van der Waals surface area contributed by atoms with Gasteiger partial charge in [-0.25, -0.2) is 0 Å². The second-order valence-electron chi connectivity index (χ2n) is 8.07. The fraction of sp³-hybridized carbons (Fsp3) is 0.280. The number of aromatic nitrogens is 1. The van der Waals surface area contributed by atoms with E-state index in [-0.39, 0.29) is 5.91 Å². The van der Waals surface area contributed by atoms with Gasteiger partial charge in [-0.05, 0) is 60.0 Å². The minimum absolute atomic E-state index is 0.255. The summed E-state index contributed by atoms with van der Waals surface area (Å²) < 4.78 is 11.2. The molecule has 0 aliphatic carbocycles. The number of nitrogens with one attached hydrogen (secondary N) is 1. The summed E-state index contributed by atoms with van der Waals surface area (Å²) in [6.07, 6.45) is -3.58. The van der Waals surface area contributed by atoms with Crippen LogP contribution in [0.25, 0.3) is 11.1 Å². The van der Waals surface area contributed by atoms with Crippen LogP contribution >= 0.6 is 0 Å². The van der Waals surface area contributed by atoms with Gasteiger partial charge in [0.25, 0.3) is 5.91 Å². The highest BCUT2D eigenvalue weighted by molar-refractivity contribution is 6.04. The maximum Gasteiger partial charge on any atom is 0.255 e. The fourth-order valence-corrected chi connectivity index (χ4v) is 3.73. The van der Waals surface area contributed by atoms with E-state index in [0.717, 1.165) is 16.7 Å². The quantitative estimate of drug-likeness (QED) is 0.368. The molecule has 5 N–H and O–H groups in total. The number of amides is 1. The molecule has 1 aliphatic rings. The highest BCUT2D eigenvalue weighted by Gasteiger charge is 2.44. The van der Waals surface area contributed by atoms with Gasteiger partial charge in [0.05, 0.1) is 18.5 Å². The molecule has 1 saturated heterocycles. The molecule has 2 heterocycles. The monoisotopic (exact) mass is 466 g/mol. The van der Waals surface area contributed by atoms with E-state index in [4.69, 9.17) is 9.47 Å². The Labute approximate surface area is 196 Å². The highest BCUT2D eigenvalue weighted by Crippen LogP contribution is 2.30. The van der Waals surface area contributed by atoms with E-state index >= 15 is 0 Å². The smallest absolute Gasteiger partial charge is 0.255 e. The predicted octanol–water partition coefficient (Wildman–Crippen LogP) is 1.49. The number of rotatable bonds is 6. The first kappa shape index (κ1) is 23.8. The van der Waals surface area contributed by atoms with E-state index in [1.165, 1.54) is 0 Å². The van der Waals surface area contributed by atoms with Crippen LogP contribution in [0.1, 0.15) is 15.9 Å². The zero-order valence-corrected chi connectivity index (χ0v) is 18.4. The minimum atomic E-state index is -1.52. The van der Waals surface area contributed by atoms with Crippen molar-refractivity contribution in [2.45, 2.75) is 37.6 Å². The first-order valence-corrected chi connectivity index (χ1v) is 10.8. The Morgan fingerprint density at radius 2 is 1.82 bits per heavy atom. The van der Waals surface area contributed by atoms with Gasteiger partial charge in [-0.1, -0.05) is 18.2 Å².